The lowest BCUT2D eigenvalue weighted by Crippen LogP contribution is -2.35. The molecule has 6 nitrogen and oxygen atoms in total. The summed E-state index contributed by atoms with van der Waals surface area (Å²) in [5, 5.41) is 2.92. The summed E-state index contributed by atoms with van der Waals surface area (Å²) in [4.78, 5) is 15.0. The largest absolute Gasteiger partial charge is 0.362 e. The molecule has 0 spiro atoms. The summed E-state index contributed by atoms with van der Waals surface area (Å²) >= 11 is 0. The smallest absolute Gasteiger partial charge is 0.243 e. The average molecular weight is 414 g/mol. The highest BCUT2D eigenvalue weighted by Crippen LogP contribution is 2.28. The van der Waals surface area contributed by atoms with Crippen molar-refractivity contribution in [3.8, 4) is 0 Å². The molecule has 0 unspecified atom stereocenters. The third-order valence-corrected chi connectivity index (χ3v) is 7.65. The number of sulfonamides is 1. The minimum absolute atomic E-state index is 0.141. The molecule has 154 valence electrons. The van der Waals surface area contributed by atoms with E-state index >= 15 is 0 Å². The summed E-state index contributed by atoms with van der Waals surface area (Å²) < 4.78 is 27.5. The van der Waals surface area contributed by atoms with E-state index in [4.69, 9.17) is 0 Å². The van der Waals surface area contributed by atoms with Crippen molar-refractivity contribution in [2.45, 2.75) is 37.5 Å². The van der Waals surface area contributed by atoms with Crippen LogP contribution in [0.5, 0.6) is 0 Å². The van der Waals surface area contributed by atoms with Crippen molar-refractivity contribution in [1.29, 1.82) is 0 Å². The summed E-state index contributed by atoms with van der Waals surface area (Å²) in [6.07, 6.45) is 3.80. The Balaban J connectivity index is 1.49. The highest BCUT2D eigenvalue weighted by atomic mass is 32.2. The first-order valence-corrected chi connectivity index (χ1v) is 11.6. The Morgan fingerprint density at radius 1 is 1.03 bits per heavy atom. The number of nitrogens with one attached hydrogen (secondary N) is 1. The van der Waals surface area contributed by atoms with Crippen molar-refractivity contribution in [2.24, 2.45) is 0 Å². The number of aryl methyl sites for hydroxylation is 1. The zero-order valence-electron chi connectivity index (χ0n) is 16.7. The van der Waals surface area contributed by atoms with Crippen LogP contribution in [0.4, 0.5) is 11.4 Å². The van der Waals surface area contributed by atoms with Crippen LogP contribution in [0.15, 0.2) is 47.4 Å². The quantitative estimate of drug-likeness (QED) is 0.817. The van der Waals surface area contributed by atoms with E-state index in [1.807, 2.05) is 25.1 Å². The van der Waals surface area contributed by atoms with Crippen LogP contribution in [0.25, 0.3) is 0 Å². The molecule has 1 N–H and O–H groups in total. The lowest BCUT2D eigenvalue weighted by molar-refractivity contribution is -0.115. The van der Waals surface area contributed by atoms with E-state index in [9.17, 15) is 13.2 Å². The summed E-state index contributed by atoms with van der Waals surface area (Å²) in [5.74, 6) is -0.141. The van der Waals surface area contributed by atoms with Crippen molar-refractivity contribution in [1.82, 2.24) is 4.31 Å². The fraction of sp³-hybridized carbons (Fsp3) is 0.409. The number of anilines is 2. The zero-order chi connectivity index (χ0) is 20.4. The number of rotatable bonds is 5. The van der Waals surface area contributed by atoms with Gasteiger partial charge in [0.1, 0.15) is 0 Å². The van der Waals surface area contributed by atoms with E-state index in [1.165, 1.54) is 5.56 Å². The number of piperidine rings is 1. The number of para-hydroxylation sites is 1. The molecule has 0 atom stereocenters. The summed E-state index contributed by atoms with van der Waals surface area (Å²) in [6.45, 7) is 4.06. The number of carbonyl (C=O) groups is 1. The number of nitrogens with zero attached hydrogens (tertiary/aromatic N) is 2. The molecule has 29 heavy (non-hydrogen) atoms. The lowest BCUT2D eigenvalue weighted by Gasteiger charge is -2.26. The Morgan fingerprint density at radius 2 is 1.79 bits per heavy atom. The number of hydrogen-bond donors (Lipinski definition) is 1. The zero-order valence-corrected chi connectivity index (χ0v) is 17.5. The van der Waals surface area contributed by atoms with Gasteiger partial charge in [0.05, 0.1) is 11.4 Å². The van der Waals surface area contributed by atoms with Crippen molar-refractivity contribution in [3.05, 3.63) is 53.6 Å². The van der Waals surface area contributed by atoms with Crippen LogP contribution in [0.3, 0.4) is 0 Å². The van der Waals surface area contributed by atoms with Crippen LogP contribution in [0.2, 0.25) is 0 Å². The van der Waals surface area contributed by atoms with Gasteiger partial charge in [-0.3, -0.25) is 4.79 Å². The van der Waals surface area contributed by atoms with Gasteiger partial charge in [0.25, 0.3) is 0 Å². The van der Waals surface area contributed by atoms with Crippen LogP contribution in [0, 0.1) is 6.92 Å². The second kappa shape index (κ2) is 8.16. The highest BCUT2D eigenvalue weighted by molar-refractivity contribution is 7.89. The molecular weight excluding hydrogens is 386 g/mol. The summed E-state index contributed by atoms with van der Waals surface area (Å²) in [7, 11) is -3.53. The normalized spacial score (nSPS) is 17.2. The lowest BCUT2D eigenvalue weighted by atomic mass is 10.2. The molecule has 2 aliphatic rings. The van der Waals surface area contributed by atoms with E-state index in [1.54, 1.807) is 22.5 Å². The minimum Gasteiger partial charge on any atom is -0.362 e. The minimum atomic E-state index is -3.53. The summed E-state index contributed by atoms with van der Waals surface area (Å²) in [5.41, 5.74) is 3.75. The molecule has 0 bridgehead atoms. The molecule has 0 aromatic heterocycles. The van der Waals surface area contributed by atoms with Gasteiger partial charge in [-0.1, -0.05) is 30.7 Å². The van der Waals surface area contributed by atoms with Gasteiger partial charge in [0.2, 0.25) is 15.9 Å². The molecule has 1 amide bonds. The van der Waals surface area contributed by atoms with E-state index in [0.29, 0.717) is 18.8 Å². The highest BCUT2D eigenvalue weighted by Gasteiger charge is 2.27. The molecule has 0 saturated carbocycles. The molecule has 2 aromatic rings. The van der Waals surface area contributed by atoms with Crippen LogP contribution in [-0.2, 0) is 21.2 Å². The molecule has 2 heterocycles. The van der Waals surface area contributed by atoms with Gasteiger partial charge in [0.15, 0.2) is 0 Å². The second-order valence-corrected chi connectivity index (χ2v) is 9.73. The van der Waals surface area contributed by atoms with Crippen molar-refractivity contribution in [2.75, 3.05) is 36.4 Å². The maximum Gasteiger partial charge on any atom is 0.243 e. The van der Waals surface area contributed by atoms with Crippen LogP contribution in [-0.4, -0.2) is 44.8 Å². The van der Waals surface area contributed by atoms with Crippen molar-refractivity contribution >= 4 is 27.3 Å². The fourth-order valence-electron chi connectivity index (χ4n) is 4.08. The predicted molar refractivity (Wildman–Crippen MR) is 115 cm³/mol. The van der Waals surface area contributed by atoms with Crippen LogP contribution >= 0.6 is 0 Å². The first-order valence-electron chi connectivity index (χ1n) is 10.2. The number of amides is 1. The van der Waals surface area contributed by atoms with Crippen LogP contribution in [0.1, 0.15) is 30.4 Å². The molecule has 0 radical (unpaired) electrons. The number of fused-ring (bicyclic) bond motifs is 1. The fourth-order valence-corrected chi connectivity index (χ4v) is 5.63. The monoisotopic (exact) mass is 413 g/mol. The molecule has 2 aromatic carbocycles. The first-order chi connectivity index (χ1) is 13.9. The SMILES string of the molecule is Cc1ccc(S(=O)(=O)N2CCCCC2)cc1NC(=O)CN1CCc2ccccc21. The third kappa shape index (κ3) is 4.16. The molecule has 1 fully saturated rings. The Kier molecular flexibility index (Phi) is 5.61. The molecule has 0 aliphatic carbocycles. The van der Waals surface area contributed by atoms with Gasteiger partial charge >= 0.3 is 0 Å². The Labute approximate surface area is 172 Å². The van der Waals surface area contributed by atoms with Gasteiger partial charge in [-0.15, -0.1) is 0 Å². The van der Waals surface area contributed by atoms with Gasteiger partial charge in [0, 0.05) is 31.0 Å². The number of carbonyl (C=O) groups excluding carboxylic acids is 1. The maximum atomic E-state index is 13.0. The van der Waals surface area contributed by atoms with Crippen molar-refractivity contribution in [3.63, 3.8) is 0 Å². The maximum absolute atomic E-state index is 13.0. The van der Waals surface area contributed by atoms with E-state index in [0.717, 1.165) is 43.5 Å². The Bertz CT molecular complexity index is 1010. The Hall–Kier alpha value is -2.38. The first kappa shape index (κ1) is 19.9. The number of hydrogen-bond acceptors (Lipinski definition) is 4. The molecular formula is C22H27N3O3S. The van der Waals surface area contributed by atoms with E-state index in [2.05, 4.69) is 16.3 Å². The second-order valence-electron chi connectivity index (χ2n) is 7.79. The Morgan fingerprint density at radius 3 is 2.59 bits per heavy atom. The standard InChI is InChI=1S/C22H27N3O3S/c1-17-9-10-19(29(27,28)25-12-5-2-6-13-25)15-20(17)23-22(26)16-24-14-11-18-7-3-4-8-21(18)24/h3-4,7-10,15H,2,5-6,11-14,16H2,1H3,(H,23,26). The van der Waals surface area contributed by atoms with Crippen molar-refractivity contribution < 1.29 is 13.2 Å². The molecule has 4 rings (SSSR count). The van der Waals surface area contributed by atoms with Gasteiger partial charge < -0.3 is 10.2 Å². The molecule has 1 saturated heterocycles. The molecule has 7 heteroatoms. The van der Waals surface area contributed by atoms with E-state index < -0.39 is 10.0 Å². The van der Waals surface area contributed by atoms with Crippen LogP contribution < -0.4 is 10.2 Å². The van der Waals surface area contributed by atoms with E-state index in [-0.39, 0.29) is 17.3 Å². The van der Waals surface area contributed by atoms with Gasteiger partial charge in [-0.25, -0.2) is 8.42 Å². The predicted octanol–water partition coefficient (Wildman–Crippen LogP) is 3.17. The summed E-state index contributed by atoms with van der Waals surface area (Å²) in [6, 6.07) is 13.1. The third-order valence-electron chi connectivity index (χ3n) is 5.75. The van der Waals surface area contributed by atoms with Gasteiger partial charge in [-0.2, -0.15) is 4.31 Å². The molecule has 2 aliphatic heterocycles. The average Bonchev–Trinajstić information content (AvgIpc) is 3.13. The topological polar surface area (TPSA) is 69.7 Å². The van der Waals surface area contributed by atoms with Gasteiger partial charge in [-0.05, 0) is 55.5 Å². The number of benzene rings is 2.